The van der Waals surface area contributed by atoms with Gasteiger partial charge < -0.3 is 14.6 Å². The van der Waals surface area contributed by atoms with Gasteiger partial charge in [0.2, 0.25) is 5.95 Å². The summed E-state index contributed by atoms with van der Waals surface area (Å²) in [5.41, 5.74) is 4.77. The lowest BCUT2D eigenvalue weighted by atomic mass is 9.99. The molecule has 0 amide bonds. The SMILES string of the molecule is Cc1ccc(Cn2c(N3CCC[C@@H](CO)C3)nc3ccccc32)cc1. The number of para-hydroxylation sites is 2. The highest BCUT2D eigenvalue weighted by Crippen LogP contribution is 2.27. The molecular formula is C21H25N3O. The maximum Gasteiger partial charge on any atom is 0.206 e. The number of fused-ring (bicyclic) bond motifs is 1. The van der Waals surface area contributed by atoms with E-state index in [-0.39, 0.29) is 6.61 Å². The van der Waals surface area contributed by atoms with Crippen molar-refractivity contribution in [1.82, 2.24) is 9.55 Å². The van der Waals surface area contributed by atoms with Gasteiger partial charge >= 0.3 is 0 Å². The first-order valence-electron chi connectivity index (χ1n) is 9.11. The minimum absolute atomic E-state index is 0.259. The largest absolute Gasteiger partial charge is 0.396 e. The standard InChI is InChI=1S/C21H25N3O/c1-16-8-10-17(11-9-16)14-24-20-7-3-2-6-19(20)22-21(24)23-12-4-5-18(13-23)15-25/h2-3,6-11,18,25H,4-5,12-15H2,1H3/t18-/m1/s1. The van der Waals surface area contributed by atoms with Gasteiger partial charge in [-0.2, -0.15) is 0 Å². The number of nitrogens with zero attached hydrogens (tertiary/aromatic N) is 3. The topological polar surface area (TPSA) is 41.3 Å². The second-order valence-corrected chi connectivity index (χ2v) is 7.11. The number of hydrogen-bond donors (Lipinski definition) is 1. The molecule has 0 aliphatic carbocycles. The van der Waals surface area contributed by atoms with Crippen LogP contribution < -0.4 is 4.90 Å². The summed E-state index contributed by atoms with van der Waals surface area (Å²) in [6, 6.07) is 17.1. The third-order valence-electron chi connectivity index (χ3n) is 5.16. The predicted octanol–water partition coefficient (Wildman–Crippen LogP) is 3.60. The predicted molar refractivity (Wildman–Crippen MR) is 102 cm³/mol. The Morgan fingerprint density at radius 2 is 1.92 bits per heavy atom. The molecule has 0 unspecified atom stereocenters. The van der Waals surface area contributed by atoms with Crippen LogP contribution in [0.25, 0.3) is 11.0 Å². The summed E-state index contributed by atoms with van der Waals surface area (Å²) >= 11 is 0. The molecule has 1 atom stereocenters. The van der Waals surface area contributed by atoms with Gasteiger partial charge in [0.15, 0.2) is 0 Å². The Kier molecular flexibility index (Phi) is 4.45. The van der Waals surface area contributed by atoms with E-state index < -0.39 is 0 Å². The first-order valence-corrected chi connectivity index (χ1v) is 9.11. The summed E-state index contributed by atoms with van der Waals surface area (Å²) in [7, 11) is 0. The molecule has 2 heterocycles. The van der Waals surface area contributed by atoms with Crippen molar-refractivity contribution in [3.8, 4) is 0 Å². The Morgan fingerprint density at radius 3 is 2.72 bits per heavy atom. The molecule has 1 saturated heterocycles. The monoisotopic (exact) mass is 335 g/mol. The van der Waals surface area contributed by atoms with Gasteiger partial charge in [-0.05, 0) is 43.4 Å². The maximum absolute atomic E-state index is 9.57. The Bertz CT molecular complexity index is 853. The van der Waals surface area contributed by atoms with E-state index in [4.69, 9.17) is 4.98 Å². The summed E-state index contributed by atoms with van der Waals surface area (Å²) < 4.78 is 2.32. The molecule has 4 nitrogen and oxygen atoms in total. The first-order chi connectivity index (χ1) is 12.2. The van der Waals surface area contributed by atoms with Crippen LogP contribution in [0.3, 0.4) is 0 Å². The third kappa shape index (κ3) is 3.27. The molecule has 25 heavy (non-hydrogen) atoms. The number of aliphatic hydroxyl groups is 1. The number of aliphatic hydroxyl groups excluding tert-OH is 1. The second kappa shape index (κ2) is 6.89. The van der Waals surface area contributed by atoms with Gasteiger partial charge in [0.1, 0.15) is 0 Å². The molecule has 3 aromatic rings. The molecule has 1 fully saturated rings. The lowest BCUT2D eigenvalue weighted by Crippen LogP contribution is -2.38. The van der Waals surface area contributed by atoms with Crippen molar-refractivity contribution in [3.63, 3.8) is 0 Å². The van der Waals surface area contributed by atoms with Crippen molar-refractivity contribution in [2.75, 3.05) is 24.6 Å². The summed E-state index contributed by atoms with van der Waals surface area (Å²) in [5, 5.41) is 9.57. The molecule has 130 valence electrons. The smallest absolute Gasteiger partial charge is 0.206 e. The summed E-state index contributed by atoms with van der Waals surface area (Å²) in [6.45, 7) is 5.08. The van der Waals surface area contributed by atoms with Crippen molar-refractivity contribution < 1.29 is 5.11 Å². The zero-order valence-electron chi connectivity index (χ0n) is 14.7. The average molecular weight is 335 g/mol. The van der Waals surface area contributed by atoms with Crippen LogP contribution in [0, 0.1) is 12.8 Å². The first kappa shape index (κ1) is 16.2. The minimum Gasteiger partial charge on any atom is -0.396 e. The number of imidazole rings is 1. The van der Waals surface area contributed by atoms with E-state index in [1.165, 1.54) is 16.6 Å². The van der Waals surface area contributed by atoms with Crippen LogP contribution in [0.5, 0.6) is 0 Å². The van der Waals surface area contributed by atoms with Crippen LogP contribution in [0.4, 0.5) is 5.95 Å². The van der Waals surface area contributed by atoms with E-state index in [9.17, 15) is 5.11 Å². The normalized spacial score (nSPS) is 18.0. The zero-order valence-corrected chi connectivity index (χ0v) is 14.7. The lowest BCUT2D eigenvalue weighted by Gasteiger charge is -2.33. The molecule has 0 radical (unpaired) electrons. The van der Waals surface area contributed by atoms with Gasteiger partial charge in [-0.15, -0.1) is 0 Å². The van der Waals surface area contributed by atoms with Crippen LogP contribution in [0.2, 0.25) is 0 Å². The van der Waals surface area contributed by atoms with Gasteiger partial charge in [0.05, 0.1) is 17.6 Å². The minimum atomic E-state index is 0.259. The summed E-state index contributed by atoms with van der Waals surface area (Å²) in [5.74, 6) is 1.38. The van der Waals surface area contributed by atoms with Gasteiger partial charge in [0, 0.05) is 19.7 Å². The Balaban J connectivity index is 1.74. The molecule has 4 heteroatoms. The Labute approximate surface area is 148 Å². The second-order valence-electron chi connectivity index (χ2n) is 7.11. The van der Waals surface area contributed by atoms with E-state index in [2.05, 4.69) is 58.9 Å². The molecule has 1 N–H and O–H groups in total. The van der Waals surface area contributed by atoms with Crippen molar-refractivity contribution in [2.45, 2.75) is 26.3 Å². The van der Waals surface area contributed by atoms with E-state index in [1.54, 1.807) is 0 Å². The number of hydrogen-bond acceptors (Lipinski definition) is 3. The van der Waals surface area contributed by atoms with Gasteiger partial charge in [-0.1, -0.05) is 42.0 Å². The van der Waals surface area contributed by atoms with Crippen molar-refractivity contribution in [3.05, 3.63) is 59.7 Å². The van der Waals surface area contributed by atoms with Crippen molar-refractivity contribution in [1.29, 1.82) is 0 Å². The van der Waals surface area contributed by atoms with Crippen molar-refractivity contribution >= 4 is 17.0 Å². The fourth-order valence-corrected chi connectivity index (χ4v) is 3.73. The fourth-order valence-electron chi connectivity index (χ4n) is 3.73. The highest BCUT2D eigenvalue weighted by Gasteiger charge is 2.24. The molecule has 1 aliphatic rings. The van der Waals surface area contributed by atoms with E-state index in [0.717, 1.165) is 43.9 Å². The number of piperidine rings is 1. The molecule has 0 saturated carbocycles. The van der Waals surface area contributed by atoms with Crippen LogP contribution in [0.15, 0.2) is 48.5 Å². The Hall–Kier alpha value is -2.33. The zero-order chi connectivity index (χ0) is 17.2. The van der Waals surface area contributed by atoms with Gasteiger partial charge in [0.25, 0.3) is 0 Å². The number of aryl methyl sites for hydroxylation is 1. The number of benzene rings is 2. The number of rotatable bonds is 4. The van der Waals surface area contributed by atoms with Crippen LogP contribution in [0.1, 0.15) is 24.0 Å². The quantitative estimate of drug-likeness (QED) is 0.792. The third-order valence-corrected chi connectivity index (χ3v) is 5.16. The van der Waals surface area contributed by atoms with E-state index in [1.807, 2.05) is 6.07 Å². The molecule has 2 aromatic carbocycles. The molecular weight excluding hydrogens is 310 g/mol. The van der Waals surface area contributed by atoms with Crippen molar-refractivity contribution in [2.24, 2.45) is 5.92 Å². The average Bonchev–Trinajstić information content (AvgIpc) is 3.02. The highest BCUT2D eigenvalue weighted by atomic mass is 16.3. The van der Waals surface area contributed by atoms with Crippen LogP contribution in [-0.4, -0.2) is 34.4 Å². The highest BCUT2D eigenvalue weighted by molar-refractivity contribution is 5.79. The fraction of sp³-hybridized carbons (Fsp3) is 0.381. The number of aromatic nitrogens is 2. The Morgan fingerprint density at radius 1 is 1.12 bits per heavy atom. The summed E-state index contributed by atoms with van der Waals surface area (Å²) in [6.07, 6.45) is 2.21. The molecule has 0 spiro atoms. The molecule has 1 aromatic heterocycles. The maximum atomic E-state index is 9.57. The summed E-state index contributed by atoms with van der Waals surface area (Å²) in [4.78, 5) is 7.27. The van der Waals surface area contributed by atoms with Crippen LogP contribution >= 0.6 is 0 Å². The van der Waals surface area contributed by atoms with Gasteiger partial charge in [-0.25, -0.2) is 4.98 Å². The van der Waals surface area contributed by atoms with E-state index >= 15 is 0 Å². The lowest BCUT2D eigenvalue weighted by molar-refractivity contribution is 0.208. The molecule has 0 bridgehead atoms. The van der Waals surface area contributed by atoms with Crippen LogP contribution in [-0.2, 0) is 6.54 Å². The molecule has 1 aliphatic heterocycles. The van der Waals surface area contributed by atoms with Gasteiger partial charge in [-0.3, -0.25) is 0 Å². The molecule has 4 rings (SSSR count). The number of anilines is 1. The van der Waals surface area contributed by atoms with E-state index in [0.29, 0.717) is 5.92 Å².